The van der Waals surface area contributed by atoms with Gasteiger partial charge in [-0.3, -0.25) is 4.99 Å². The lowest BCUT2D eigenvalue weighted by molar-refractivity contribution is 0.990. The van der Waals surface area contributed by atoms with Crippen molar-refractivity contribution in [3.05, 3.63) is 23.3 Å². The molecule has 0 heterocycles. The number of nitrogens with zero attached hydrogens (tertiary/aromatic N) is 1. The molecule has 0 aromatic carbocycles. The predicted molar refractivity (Wildman–Crippen MR) is 57.0 cm³/mol. The first-order chi connectivity index (χ1) is 5.70. The molecule has 0 aliphatic heterocycles. The average molecular weight is 186 g/mol. The molecular formula is C10H16ClN. The second-order valence-corrected chi connectivity index (χ2v) is 2.99. The Balaban J connectivity index is 3.74. The molecule has 0 aliphatic carbocycles. The van der Waals surface area contributed by atoms with E-state index in [0.29, 0.717) is 0 Å². The molecule has 2 heteroatoms. The Morgan fingerprint density at radius 2 is 2.08 bits per heavy atom. The van der Waals surface area contributed by atoms with Crippen molar-refractivity contribution in [2.75, 3.05) is 6.54 Å². The van der Waals surface area contributed by atoms with Gasteiger partial charge in [0.2, 0.25) is 0 Å². The molecule has 0 fully saturated rings. The van der Waals surface area contributed by atoms with Crippen LogP contribution in [0.25, 0.3) is 0 Å². The van der Waals surface area contributed by atoms with Crippen LogP contribution in [0.1, 0.15) is 27.2 Å². The van der Waals surface area contributed by atoms with E-state index < -0.39 is 0 Å². The van der Waals surface area contributed by atoms with Crippen LogP contribution >= 0.6 is 11.6 Å². The first-order valence-electron chi connectivity index (χ1n) is 4.15. The molecule has 0 rings (SSSR count). The highest BCUT2D eigenvalue weighted by atomic mass is 35.5. The van der Waals surface area contributed by atoms with E-state index in [2.05, 4.69) is 4.99 Å². The predicted octanol–water partition coefficient (Wildman–Crippen LogP) is 3.56. The number of hydrogen-bond donors (Lipinski definition) is 0. The van der Waals surface area contributed by atoms with E-state index in [1.54, 1.807) is 0 Å². The third kappa shape index (κ3) is 6.17. The summed E-state index contributed by atoms with van der Waals surface area (Å²) in [6.07, 6.45) is 6.72. The highest BCUT2D eigenvalue weighted by Crippen LogP contribution is 2.05. The Labute approximate surface area is 79.8 Å². The molecule has 0 saturated carbocycles. The van der Waals surface area contributed by atoms with Gasteiger partial charge in [0, 0.05) is 23.7 Å². The SMILES string of the molecule is CC=CC(C)=NCCC(Cl)=CC. The molecule has 0 N–H and O–H groups in total. The molecule has 0 saturated heterocycles. The van der Waals surface area contributed by atoms with E-state index in [9.17, 15) is 0 Å². The van der Waals surface area contributed by atoms with Crippen LogP contribution < -0.4 is 0 Å². The molecule has 0 aromatic rings. The minimum Gasteiger partial charge on any atom is -0.290 e. The van der Waals surface area contributed by atoms with Crippen molar-refractivity contribution < 1.29 is 0 Å². The lowest BCUT2D eigenvalue weighted by Gasteiger charge is -1.94. The van der Waals surface area contributed by atoms with Gasteiger partial charge in [-0.25, -0.2) is 0 Å². The molecule has 0 unspecified atom stereocenters. The first kappa shape index (κ1) is 11.4. The van der Waals surface area contributed by atoms with Crippen LogP contribution in [-0.2, 0) is 0 Å². The topological polar surface area (TPSA) is 12.4 Å². The van der Waals surface area contributed by atoms with Crippen molar-refractivity contribution in [3.8, 4) is 0 Å². The van der Waals surface area contributed by atoms with Gasteiger partial charge in [0.25, 0.3) is 0 Å². The summed E-state index contributed by atoms with van der Waals surface area (Å²) >= 11 is 5.80. The molecule has 0 atom stereocenters. The fourth-order valence-electron chi connectivity index (χ4n) is 0.777. The van der Waals surface area contributed by atoms with Gasteiger partial charge in [-0.1, -0.05) is 23.8 Å². The Hall–Kier alpha value is -0.560. The minimum absolute atomic E-state index is 0.777. The van der Waals surface area contributed by atoms with Gasteiger partial charge in [0.05, 0.1) is 0 Å². The summed E-state index contributed by atoms with van der Waals surface area (Å²) in [6.45, 7) is 6.69. The zero-order chi connectivity index (χ0) is 9.40. The van der Waals surface area contributed by atoms with Crippen molar-refractivity contribution in [2.45, 2.75) is 27.2 Å². The number of halogens is 1. The first-order valence-corrected chi connectivity index (χ1v) is 4.53. The van der Waals surface area contributed by atoms with Gasteiger partial charge >= 0.3 is 0 Å². The van der Waals surface area contributed by atoms with Crippen molar-refractivity contribution in [1.29, 1.82) is 0 Å². The quantitative estimate of drug-likeness (QED) is 0.594. The van der Waals surface area contributed by atoms with Gasteiger partial charge in [-0.15, -0.1) is 0 Å². The van der Waals surface area contributed by atoms with Crippen LogP contribution in [0.5, 0.6) is 0 Å². The Kier molecular flexibility index (Phi) is 6.78. The summed E-state index contributed by atoms with van der Waals surface area (Å²) in [5.41, 5.74) is 1.05. The summed E-state index contributed by atoms with van der Waals surface area (Å²) in [6, 6.07) is 0. The van der Waals surface area contributed by atoms with E-state index in [4.69, 9.17) is 11.6 Å². The summed E-state index contributed by atoms with van der Waals surface area (Å²) in [4.78, 5) is 4.31. The number of aliphatic imine (C=N–C) groups is 1. The Bertz CT molecular complexity index is 202. The molecule has 0 radical (unpaired) electrons. The number of hydrogen-bond acceptors (Lipinski definition) is 1. The Morgan fingerprint density at radius 3 is 2.58 bits per heavy atom. The van der Waals surface area contributed by atoms with Crippen LogP contribution in [0.4, 0.5) is 0 Å². The molecule has 0 spiro atoms. The monoisotopic (exact) mass is 185 g/mol. The lowest BCUT2D eigenvalue weighted by Crippen LogP contribution is -1.88. The van der Waals surface area contributed by atoms with Crippen LogP contribution in [0.2, 0.25) is 0 Å². The molecule has 12 heavy (non-hydrogen) atoms. The average Bonchev–Trinajstić information content (AvgIpc) is 2.04. The smallest absolute Gasteiger partial charge is 0.0441 e. The molecule has 1 nitrogen and oxygen atoms in total. The summed E-state index contributed by atoms with van der Waals surface area (Å²) in [7, 11) is 0. The van der Waals surface area contributed by atoms with Crippen LogP contribution in [-0.4, -0.2) is 12.3 Å². The van der Waals surface area contributed by atoms with Gasteiger partial charge in [-0.2, -0.15) is 0 Å². The third-order valence-corrected chi connectivity index (χ3v) is 1.84. The van der Waals surface area contributed by atoms with Crippen molar-refractivity contribution in [2.24, 2.45) is 4.99 Å². The standard InChI is InChI=1S/C10H16ClN/c1-4-6-9(3)12-8-7-10(11)5-2/h4-6H,7-8H2,1-3H3. The highest BCUT2D eigenvalue weighted by molar-refractivity contribution is 6.29. The minimum atomic E-state index is 0.777. The second kappa shape index (κ2) is 7.11. The molecule has 0 amide bonds. The number of rotatable bonds is 4. The van der Waals surface area contributed by atoms with Gasteiger partial charge < -0.3 is 0 Å². The summed E-state index contributed by atoms with van der Waals surface area (Å²) < 4.78 is 0. The summed E-state index contributed by atoms with van der Waals surface area (Å²) in [5, 5.41) is 0.882. The largest absolute Gasteiger partial charge is 0.290 e. The zero-order valence-corrected chi connectivity index (χ0v) is 8.73. The van der Waals surface area contributed by atoms with E-state index in [0.717, 1.165) is 23.7 Å². The van der Waals surface area contributed by atoms with E-state index in [-0.39, 0.29) is 0 Å². The molecular weight excluding hydrogens is 170 g/mol. The maximum Gasteiger partial charge on any atom is 0.0441 e. The molecule has 68 valence electrons. The highest BCUT2D eigenvalue weighted by Gasteiger charge is 1.88. The fourth-order valence-corrected chi connectivity index (χ4v) is 0.862. The second-order valence-electron chi connectivity index (χ2n) is 2.51. The summed E-state index contributed by atoms with van der Waals surface area (Å²) in [5.74, 6) is 0. The lowest BCUT2D eigenvalue weighted by atomic mass is 10.3. The van der Waals surface area contributed by atoms with E-state index >= 15 is 0 Å². The van der Waals surface area contributed by atoms with Crippen molar-refractivity contribution >= 4 is 17.3 Å². The van der Waals surface area contributed by atoms with E-state index in [1.165, 1.54) is 0 Å². The normalized spacial score (nSPS) is 14.3. The Morgan fingerprint density at radius 1 is 1.42 bits per heavy atom. The van der Waals surface area contributed by atoms with Crippen LogP contribution in [0.15, 0.2) is 28.3 Å². The van der Waals surface area contributed by atoms with Crippen molar-refractivity contribution in [3.63, 3.8) is 0 Å². The maximum atomic E-state index is 5.80. The van der Waals surface area contributed by atoms with Crippen LogP contribution in [0.3, 0.4) is 0 Å². The van der Waals surface area contributed by atoms with E-state index in [1.807, 2.05) is 39.0 Å². The van der Waals surface area contributed by atoms with Gasteiger partial charge in [-0.05, 0) is 26.8 Å². The zero-order valence-electron chi connectivity index (χ0n) is 7.97. The number of allylic oxidation sites excluding steroid dienone is 3. The molecule has 0 bridgehead atoms. The van der Waals surface area contributed by atoms with Crippen molar-refractivity contribution in [1.82, 2.24) is 0 Å². The van der Waals surface area contributed by atoms with Crippen LogP contribution in [0, 0.1) is 0 Å². The molecule has 0 aromatic heterocycles. The maximum absolute atomic E-state index is 5.80. The molecule has 0 aliphatic rings. The van der Waals surface area contributed by atoms with Gasteiger partial charge in [0.15, 0.2) is 0 Å². The van der Waals surface area contributed by atoms with Gasteiger partial charge in [0.1, 0.15) is 0 Å². The fraction of sp³-hybridized carbons (Fsp3) is 0.500. The third-order valence-electron chi connectivity index (χ3n) is 1.43.